The fourth-order valence-corrected chi connectivity index (χ4v) is 2.35. The SMILES string of the molecule is CCCCc1ccc(NC(=O)/C(C#N)=C\NCc2ccccc2)cc1. The number of aryl methyl sites for hydroxylation is 1. The first kappa shape index (κ1) is 18.3. The molecule has 0 bridgehead atoms. The molecule has 1 amide bonds. The number of nitriles is 1. The van der Waals surface area contributed by atoms with Crippen LogP contribution in [-0.2, 0) is 17.8 Å². The number of hydrogen-bond acceptors (Lipinski definition) is 3. The number of unbranched alkanes of at least 4 members (excludes halogenated alkanes) is 1. The van der Waals surface area contributed by atoms with Gasteiger partial charge in [0.1, 0.15) is 11.6 Å². The van der Waals surface area contributed by atoms with Crippen molar-refractivity contribution in [2.24, 2.45) is 0 Å². The fourth-order valence-electron chi connectivity index (χ4n) is 2.35. The van der Waals surface area contributed by atoms with Crippen molar-refractivity contribution in [1.29, 1.82) is 5.26 Å². The first-order valence-electron chi connectivity index (χ1n) is 8.50. The van der Waals surface area contributed by atoms with E-state index in [1.807, 2.05) is 60.7 Å². The Morgan fingerprint density at radius 2 is 1.80 bits per heavy atom. The molecule has 2 aromatic carbocycles. The van der Waals surface area contributed by atoms with Gasteiger partial charge in [-0.1, -0.05) is 55.8 Å². The van der Waals surface area contributed by atoms with Crippen molar-refractivity contribution in [3.8, 4) is 6.07 Å². The molecule has 0 aliphatic heterocycles. The summed E-state index contributed by atoms with van der Waals surface area (Å²) in [4.78, 5) is 12.2. The van der Waals surface area contributed by atoms with Crippen LogP contribution >= 0.6 is 0 Å². The number of benzene rings is 2. The number of nitrogens with one attached hydrogen (secondary N) is 2. The summed E-state index contributed by atoms with van der Waals surface area (Å²) >= 11 is 0. The maximum atomic E-state index is 12.2. The van der Waals surface area contributed by atoms with E-state index >= 15 is 0 Å². The van der Waals surface area contributed by atoms with Crippen LogP contribution in [0.1, 0.15) is 30.9 Å². The molecule has 4 heteroatoms. The lowest BCUT2D eigenvalue weighted by atomic mass is 10.1. The van der Waals surface area contributed by atoms with E-state index in [0.29, 0.717) is 12.2 Å². The van der Waals surface area contributed by atoms with Crippen molar-refractivity contribution >= 4 is 11.6 Å². The van der Waals surface area contributed by atoms with Gasteiger partial charge in [-0.05, 0) is 36.1 Å². The maximum Gasteiger partial charge on any atom is 0.267 e. The van der Waals surface area contributed by atoms with Crippen LogP contribution in [0.5, 0.6) is 0 Å². The number of carbonyl (C=O) groups is 1. The Morgan fingerprint density at radius 1 is 1.08 bits per heavy atom. The minimum atomic E-state index is -0.413. The Labute approximate surface area is 149 Å². The lowest BCUT2D eigenvalue weighted by Crippen LogP contribution is -2.16. The molecule has 2 N–H and O–H groups in total. The van der Waals surface area contributed by atoms with Gasteiger partial charge in [0.25, 0.3) is 5.91 Å². The molecule has 128 valence electrons. The van der Waals surface area contributed by atoms with E-state index in [1.54, 1.807) is 0 Å². The van der Waals surface area contributed by atoms with Gasteiger partial charge in [0.15, 0.2) is 0 Å². The van der Waals surface area contributed by atoms with Crippen LogP contribution < -0.4 is 10.6 Å². The average molecular weight is 333 g/mol. The monoisotopic (exact) mass is 333 g/mol. The normalized spacial score (nSPS) is 10.8. The number of carbonyl (C=O) groups excluding carboxylic acids is 1. The number of nitrogens with zero attached hydrogens (tertiary/aromatic N) is 1. The highest BCUT2D eigenvalue weighted by Crippen LogP contribution is 2.12. The van der Waals surface area contributed by atoms with Crippen molar-refractivity contribution in [1.82, 2.24) is 5.32 Å². The summed E-state index contributed by atoms with van der Waals surface area (Å²) in [5, 5.41) is 15.0. The van der Waals surface area contributed by atoms with Crippen LogP contribution in [0, 0.1) is 11.3 Å². The summed E-state index contributed by atoms with van der Waals surface area (Å²) in [6.07, 6.45) is 4.81. The lowest BCUT2D eigenvalue weighted by molar-refractivity contribution is -0.112. The third-order valence-corrected chi connectivity index (χ3v) is 3.79. The predicted molar refractivity (Wildman–Crippen MR) is 101 cm³/mol. The van der Waals surface area contributed by atoms with E-state index in [4.69, 9.17) is 0 Å². The Morgan fingerprint density at radius 3 is 2.44 bits per heavy atom. The molecular weight excluding hydrogens is 310 g/mol. The van der Waals surface area contributed by atoms with E-state index in [1.165, 1.54) is 11.8 Å². The summed E-state index contributed by atoms with van der Waals surface area (Å²) in [5.74, 6) is -0.413. The average Bonchev–Trinajstić information content (AvgIpc) is 2.65. The standard InChI is InChI=1S/C21H23N3O/c1-2-3-7-17-10-12-20(13-11-17)24-21(25)19(14-22)16-23-15-18-8-5-4-6-9-18/h4-6,8-13,16,23H,2-3,7,15H2,1H3,(H,24,25)/b19-16-. The van der Waals surface area contributed by atoms with E-state index < -0.39 is 5.91 Å². The Bertz CT molecular complexity index is 743. The second-order valence-electron chi connectivity index (χ2n) is 5.79. The Balaban J connectivity index is 1.90. The molecule has 0 radical (unpaired) electrons. The highest BCUT2D eigenvalue weighted by Gasteiger charge is 2.09. The summed E-state index contributed by atoms with van der Waals surface area (Å²) in [6, 6.07) is 19.5. The van der Waals surface area contributed by atoms with E-state index in [2.05, 4.69) is 17.6 Å². The van der Waals surface area contributed by atoms with Crippen molar-refractivity contribution in [2.75, 3.05) is 5.32 Å². The molecule has 0 aliphatic rings. The third kappa shape index (κ3) is 6.15. The molecule has 0 spiro atoms. The number of rotatable bonds is 8. The molecule has 25 heavy (non-hydrogen) atoms. The molecule has 0 heterocycles. The molecule has 2 rings (SSSR count). The van der Waals surface area contributed by atoms with Crippen LogP contribution in [0.2, 0.25) is 0 Å². The Kier molecular flexibility index (Phi) is 7.27. The van der Waals surface area contributed by atoms with Gasteiger partial charge in [0.05, 0.1) is 0 Å². The van der Waals surface area contributed by atoms with Gasteiger partial charge in [0.2, 0.25) is 0 Å². The van der Waals surface area contributed by atoms with E-state index in [0.717, 1.165) is 24.8 Å². The lowest BCUT2D eigenvalue weighted by Gasteiger charge is -2.07. The molecule has 0 saturated heterocycles. The highest BCUT2D eigenvalue weighted by atomic mass is 16.1. The van der Waals surface area contributed by atoms with Gasteiger partial charge in [-0.25, -0.2) is 0 Å². The highest BCUT2D eigenvalue weighted by molar-refractivity contribution is 6.06. The molecule has 2 aromatic rings. The topological polar surface area (TPSA) is 64.9 Å². The summed E-state index contributed by atoms with van der Waals surface area (Å²) < 4.78 is 0. The first-order chi connectivity index (χ1) is 12.2. The maximum absolute atomic E-state index is 12.2. The minimum Gasteiger partial charge on any atom is -0.386 e. The number of hydrogen-bond donors (Lipinski definition) is 2. The molecule has 0 unspecified atom stereocenters. The van der Waals surface area contributed by atoms with Gasteiger partial charge in [-0.2, -0.15) is 5.26 Å². The molecule has 0 saturated carbocycles. The van der Waals surface area contributed by atoms with Crippen molar-refractivity contribution < 1.29 is 4.79 Å². The van der Waals surface area contributed by atoms with Crippen molar-refractivity contribution in [2.45, 2.75) is 32.7 Å². The quantitative estimate of drug-likeness (QED) is 0.563. The fraction of sp³-hybridized carbons (Fsp3) is 0.238. The molecular formula is C21H23N3O. The molecule has 4 nitrogen and oxygen atoms in total. The van der Waals surface area contributed by atoms with Crippen LogP contribution in [0.15, 0.2) is 66.4 Å². The molecule has 0 atom stereocenters. The summed E-state index contributed by atoms with van der Waals surface area (Å²) in [6.45, 7) is 2.72. The predicted octanol–water partition coefficient (Wildman–Crippen LogP) is 4.16. The summed E-state index contributed by atoms with van der Waals surface area (Å²) in [5.41, 5.74) is 3.07. The minimum absolute atomic E-state index is 0.0472. The zero-order chi connectivity index (χ0) is 17.9. The summed E-state index contributed by atoms with van der Waals surface area (Å²) in [7, 11) is 0. The van der Waals surface area contributed by atoms with Crippen molar-refractivity contribution in [3.63, 3.8) is 0 Å². The zero-order valence-corrected chi connectivity index (χ0v) is 14.5. The largest absolute Gasteiger partial charge is 0.386 e. The molecule has 0 aromatic heterocycles. The van der Waals surface area contributed by atoms with Crippen LogP contribution in [0.3, 0.4) is 0 Å². The second-order valence-corrected chi connectivity index (χ2v) is 5.79. The van der Waals surface area contributed by atoms with Crippen LogP contribution in [-0.4, -0.2) is 5.91 Å². The first-order valence-corrected chi connectivity index (χ1v) is 8.50. The van der Waals surface area contributed by atoms with E-state index in [-0.39, 0.29) is 5.57 Å². The number of anilines is 1. The number of amides is 1. The van der Waals surface area contributed by atoms with Gasteiger partial charge in [0, 0.05) is 18.4 Å². The van der Waals surface area contributed by atoms with Gasteiger partial charge in [-0.3, -0.25) is 4.79 Å². The van der Waals surface area contributed by atoms with Gasteiger partial charge in [-0.15, -0.1) is 0 Å². The zero-order valence-electron chi connectivity index (χ0n) is 14.5. The van der Waals surface area contributed by atoms with Gasteiger partial charge >= 0.3 is 0 Å². The Hall–Kier alpha value is -3.06. The van der Waals surface area contributed by atoms with Crippen molar-refractivity contribution in [3.05, 3.63) is 77.5 Å². The second kappa shape index (κ2) is 9.94. The van der Waals surface area contributed by atoms with Crippen LogP contribution in [0.25, 0.3) is 0 Å². The van der Waals surface area contributed by atoms with Gasteiger partial charge < -0.3 is 10.6 Å². The third-order valence-electron chi connectivity index (χ3n) is 3.79. The van der Waals surface area contributed by atoms with Crippen LogP contribution in [0.4, 0.5) is 5.69 Å². The smallest absolute Gasteiger partial charge is 0.267 e. The molecule has 0 aliphatic carbocycles. The van der Waals surface area contributed by atoms with E-state index in [9.17, 15) is 10.1 Å². The molecule has 0 fully saturated rings.